The molecular weight excluding hydrogens is 108 g/mol. The van der Waals surface area contributed by atoms with Crippen LogP contribution in [0.15, 0.2) is 4.99 Å². The van der Waals surface area contributed by atoms with Gasteiger partial charge in [-0.1, -0.05) is 12.2 Å². The predicted molar refractivity (Wildman–Crippen MR) is 32.9 cm³/mol. The minimum atomic E-state index is 0.731. The number of hydrogen-bond acceptors (Lipinski definition) is 3. The zero-order valence-electron chi connectivity index (χ0n) is 3.77. The molecule has 1 heterocycles. The van der Waals surface area contributed by atoms with Crippen molar-refractivity contribution in [1.29, 1.82) is 0 Å². The van der Waals surface area contributed by atoms with Gasteiger partial charge in [-0.3, -0.25) is 4.99 Å². The lowest BCUT2D eigenvalue weighted by Gasteiger charge is -1.85. The van der Waals surface area contributed by atoms with Gasteiger partial charge in [0.1, 0.15) is 11.2 Å². The minimum Gasteiger partial charge on any atom is -0.367 e. The first-order valence-electron chi connectivity index (χ1n) is 2.10. The SMILES string of the molecule is S=[C]C1=NCCN1. The number of aliphatic imine (C=N–C) groups is 1. The van der Waals surface area contributed by atoms with E-state index in [9.17, 15) is 0 Å². The van der Waals surface area contributed by atoms with E-state index in [1.807, 2.05) is 0 Å². The molecule has 0 aliphatic carbocycles. The van der Waals surface area contributed by atoms with Gasteiger partial charge >= 0.3 is 0 Å². The molecule has 1 N–H and O–H groups in total. The van der Waals surface area contributed by atoms with Crippen LogP contribution >= 0.6 is 12.2 Å². The third-order valence-corrected chi connectivity index (χ3v) is 0.964. The largest absolute Gasteiger partial charge is 0.367 e. The van der Waals surface area contributed by atoms with Crippen LogP contribution in [0.5, 0.6) is 0 Å². The molecule has 0 unspecified atom stereocenters. The molecule has 7 heavy (non-hydrogen) atoms. The monoisotopic (exact) mass is 113 g/mol. The molecule has 0 saturated heterocycles. The van der Waals surface area contributed by atoms with Crippen molar-refractivity contribution >= 4 is 23.4 Å². The topological polar surface area (TPSA) is 24.4 Å². The van der Waals surface area contributed by atoms with Gasteiger partial charge in [0.05, 0.1) is 6.54 Å². The Morgan fingerprint density at radius 3 is 3.00 bits per heavy atom. The Morgan fingerprint density at radius 1 is 1.86 bits per heavy atom. The van der Waals surface area contributed by atoms with Gasteiger partial charge in [-0.15, -0.1) is 0 Å². The predicted octanol–water partition coefficient (Wildman–Crippen LogP) is -0.135. The van der Waals surface area contributed by atoms with Crippen LogP contribution in [-0.2, 0) is 0 Å². The number of hydrogen-bond donors (Lipinski definition) is 1. The molecule has 0 fully saturated rings. The Morgan fingerprint density at radius 2 is 2.71 bits per heavy atom. The molecule has 1 aliphatic heterocycles. The molecule has 3 heteroatoms. The van der Waals surface area contributed by atoms with Gasteiger partial charge in [0.2, 0.25) is 0 Å². The molecule has 0 spiro atoms. The molecule has 0 aromatic carbocycles. The van der Waals surface area contributed by atoms with Crippen LogP contribution in [0, 0.1) is 0 Å². The Hall–Kier alpha value is -0.440. The molecule has 1 rings (SSSR count). The van der Waals surface area contributed by atoms with E-state index in [0.717, 1.165) is 18.9 Å². The van der Waals surface area contributed by atoms with E-state index in [4.69, 9.17) is 0 Å². The summed E-state index contributed by atoms with van der Waals surface area (Å²) < 4.78 is 0. The van der Waals surface area contributed by atoms with Crippen LogP contribution in [0.1, 0.15) is 0 Å². The fraction of sp³-hybridized carbons (Fsp3) is 0.500. The molecule has 0 saturated carbocycles. The van der Waals surface area contributed by atoms with Crippen LogP contribution in [0.3, 0.4) is 0 Å². The van der Waals surface area contributed by atoms with Crippen LogP contribution in [0.2, 0.25) is 0 Å². The summed E-state index contributed by atoms with van der Waals surface area (Å²) in [7, 11) is 0. The van der Waals surface area contributed by atoms with Crippen LogP contribution in [0.4, 0.5) is 0 Å². The van der Waals surface area contributed by atoms with E-state index in [2.05, 4.69) is 27.9 Å². The fourth-order valence-electron chi connectivity index (χ4n) is 0.466. The second-order valence-electron chi connectivity index (χ2n) is 1.26. The standard InChI is InChI=1S/C4H5N2S/c7-3-4-5-1-2-6-4/h1-2H2,(H,5,6). The van der Waals surface area contributed by atoms with E-state index in [1.165, 1.54) is 0 Å². The third kappa shape index (κ3) is 0.962. The number of nitrogens with one attached hydrogen (secondary N) is 1. The smallest absolute Gasteiger partial charge is 0.141 e. The van der Waals surface area contributed by atoms with Crippen LogP contribution in [0.25, 0.3) is 0 Å². The summed E-state index contributed by atoms with van der Waals surface area (Å²) in [6, 6.07) is 0. The van der Waals surface area contributed by atoms with Gasteiger partial charge in [-0.2, -0.15) is 0 Å². The quantitative estimate of drug-likeness (QED) is 0.479. The fourth-order valence-corrected chi connectivity index (χ4v) is 0.603. The van der Waals surface area contributed by atoms with Gasteiger partial charge < -0.3 is 5.32 Å². The summed E-state index contributed by atoms with van der Waals surface area (Å²) in [5.41, 5.74) is 0. The van der Waals surface area contributed by atoms with Gasteiger partial charge in [-0.25, -0.2) is 0 Å². The molecule has 0 amide bonds. The lowest BCUT2D eigenvalue weighted by Crippen LogP contribution is -2.18. The molecular formula is C4H5N2S. The van der Waals surface area contributed by atoms with E-state index in [0.29, 0.717) is 0 Å². The summed E-state index contributed by atoms with van der Waals surface area (Å²) in [6.45, 7) is 1.76. The molecule has 0 atom stereocenters. The second-order valence-corrected chi connectivity index (χ2v) is 1.46. The molecule has 1 radical (unpaired) electrons. The van der Waals surface area contributed by atoms with Crippen molar-refractivity contribution < 1.29 is 0 Å². The Labute approximate surface area is 47.6 Å². The highest BCUT2D eigenvalue weighted by Crippen LogP contribution is 1.79. The maximum Gasteiger partial charge on any atom is 0.141 e. The van der Waals surface area contributed by atoms with Crippen molar-refractivity contribution in [2.24, 2.45) is 4.99 Å². The molecule has 2 nitrogen and oxygen atoms in total. The van der Waals surface area contributed by atoms with Crippen molar-refractivity contribution in [1.82, 2.24) is 5.32 Å². The van der Waals surface area contributed by atoms with Gasteiger partial charge in [0.15, 0.2) is 0 Å². The van der Waals surface area contributed by atoms with Gasteiger partial charge in [0.25, 0.3) is 0 Å². The zero-order chi connectivity index (χ0) is 5.11. The van der Waals surface area contributed by atoms with Crippen LogP contribution in [-0.4, -0.2) is 24.3 Å². The number of rotatable bonds is 1. The molecule has 0 aromatic heterocycles. The van der Waals surface area contributed by atoms with Gasteiger partial charge in [-0.05, 0) is 0 Å². The van der Waals surface area contributed by atoms with Gasteiger partial charge in [0, 0.05) is 6.54 Å². The third-order valence-electron chi connectivity index (χ3n) is 0.771. The average Bonchev–Trinajstić information content (AvgIpc) is 2.14. The number of thiocarbonyl (C=S) groups is 1. The minimum absolute atomic E-state index is 0.731. The summed E-state index contributed by atoms with van der Waals surface area (Å²) in [4.78, 5) is 3.94. The maximum absolute atomic E-state index is 4.47. The summed E-state index contributed by atoms with van der Waals surface area (Å²) in [6.07, 6.45) is 0. The van der Waals surface area contributed by atoms with Crippen LogP contribution < -0.4 is 5.32 Å². The highest BCUT2D eigenvalue weighted by molar-refractivity contribution is 7.80. The molecule has 37 valence electrons. The second kappa shape index (κ2) is 2.02. The zero-order valence-corrected chi connectivity index (χ0v) is 4.59. The first kappa shape index (κ1) is 4.71. The first-order valence-corrected chi connectivity index (χ1v) is 2.51. The van der Waals surface area contributed by atoms with Crippen molar-refractivity contribution in [2.75, 3.05) is 13.1 Å². The normalized spacial score (nSPS) is 18.0. The molecule has 0 aromatic rings. The van der Waals surface area contributed by atoms with E-state index in [-0.39, 0.29) is 0 Å². The number of nitrogens with zero attached hydrogens (tertiary/aromatic N) is 1. The Kier molecular flexibility index (Phi) is 1.36. The van der Waals surface area contributed by atoms with E-state index in [1.54, 1.807) is 0 Å². The maximum atomic E-state index is 4.47. The highest BCUT2D eigenvalue weighted by atomic mass is 32.1. The van der Waals surface area contributed by atoms with Crippen molar-refractivity contribution in [2.45, 2.75) is 0 Å². The average molecular weight is 113 g/mol. The Balaban J connectivity index is 2.51. The summed E-state index contributed by atoms with van der Waals surface area (Å²) in [5.74, 6) is 0.731. The van der Waals surface area contributed by atoms with E-state index >= 15 is 0 Å². The van der Waals surface area contributed by atoms with E-state index < -0.39 is 0 Å². The van der Waals surface area contributed by atoms with Crippen molar-refractivity contribution in [3.63, 3.8) is 0 Å². The summed E-state index contributed by atoms with van der Waals surface area (Å²) >= 11 is 4.47. The molecule has 1 aliphatic rings. The first-order chi connectivity index (χ1) is 3.43. The number of amidine groups is 1. The highest BCUT2D eigenvalue weighted by Gasteiger charge is 1.98. The van der Waals surface area contributed by atoms with Crippen molar-refractivity contribution in [3.05, 3.63) is 0 Å². The Bertz CT molecular complexity index is 108. The lowest BCUT2D eigenvalue weighted by molar-refractivity contribution is 0.963. The summed E-state index contributed by atoms with van der Waals surface area (Å²) in [5, 5.41) is 5.43. The lowest BCUT2D eigenvalue weighted by atomic mass is 10.7. The van der Waals surface area contributed by atoms with Crippen molar-refractivity contribution in [3.8, 4) is 0 Å². The molecule has 0 bridgehead atoms.